The molecule has 1 fully saturated rings. The molecule has 1 aliphatic rings. The predicted molar refractivity (Wildman–Crippen MR) is 153 cm³/mol. The molecule has 5 rings (SSSR count). The van der Waals surface area contributed by atoms with Gasteiger partial charge in [-0.25, -0.2) is 18.6 Å². The summed E-state index contributed by atoms with van der Waals surface area (Å²) in [6.45, 7) is 3.76. The molecule has 3 aromatic carbocycles. The molecule has 212 valence electrons. The normalized spacial score (nSPS) is 15.5. The van der Waals surface area contributed by atoms with Crippen LogP contribution in [0.25, 0.3) is 22.3 Å². The number of carboxylic acid groups (broad SMARTS) is 1. The number of carbonyl (C=O) groups excluding carboxylic acids is 1. The van der Waals surface area contributed by atoms with Crippen LogP contribution in [0.4, 0.5) is 14.5 Å². The standard InChI is InChI=1S/C31H30F2N4O4/c1-18-16-23(19(2)34-25-7-5-4-6-22(25)30(40)41)26-24(17-18)29(39)36(3)27(35-26)20-8-10-21(11-9-20)28(38)37-14-12-31(32,33)13-15-37/h4-11,16-17,19,34H,12-15H2,1-3H3,(H,40,41)/t19-/m1/s1. The summed E-state index contributed by atoms with van der Waals surface area (Å²) in [6, 6.07) is 16.5. The number of nitrogens with one attached hydrogen (secondary N) is 1. The van der Waals surface area contributed by atoms with Crippen LogP contribution in [-0.4, -0.2) is 50.4 Å². The van der Waals surface area contributed by atoms with Crippen molar-refractivity contribution in [2.45, 2.75) is 38.7 Å². The molecule has 0 aliphatic carbocycles. The van der Waals surface area contributed by atoms with Crippen molar-refractivity contribution in [2.24, 2.45) is 7.05 Å². The van der Waals surface area contributed by atoms with E-state index in [9.17, 15) is 28.3 Å². The highest BCUT2D eigenvalue weighted by molar-refractivity contribution is 5.95. The molecule has 0 spiro atoms. The SMILES string of the molecule is Cc1cc([C@@H](C)Nc2ccccc2C(=O)O)c2nc(-c3ccc(C(=O)N4CCC(F)(F)CC4)cc3)n(C)c(=O)c2c1. The van der Waals surface area contributed by atoms with E-state index in [1.807, 2.05) is 19.9 Å². The largest absolute Gasteiger partial charge is 0.478 e. The van der Waals surface area contributed by atoms with Crippen molar-refractivity contribution >= 4 is 28.5 Å². The van der Waals surface area contributed by atoms with Gasteiger partial charge in [-0.3, -0.25) is 14.2 Å². The van der Waals surface area contributed by atoms with Gasteiger partial charge in [0.1, 0.15) is 5.82 Å². The van der Waals surface area contributed by atoms with E-state index in [0.717, 1.165) is 11.1 Å². The molecule has 0 radical (unpaired) electrons. The topological polar surface area (TPSA) is 105 Å². The second kappa shape index (κ2) is 10.8. The average molecular weight is 561 g/mol. The second-order valence-electron chi connectivity index (χ2n) is 10.5. The number of hydrogen-bond donors (Lipinski definition) is 2. The number of fused-ring (bicyclic) bond motifs is 1. The van der Waals surface area contributed by atoms with Crippen LogP contribution in [-0.2, 0) is 7.05 Å². The molecule has 1 aromatic heterocycles. The van der Waals surface area contributed by atoms with Gasteiger partial charge >= 0.3 is 5.97 Å². The molecule has 1 saturated heterocycles. The number of anilines is 1. The summed E-state index contributed by atoms with van der Waals surface area (Å²) in [6.07, 6.45) is -0.701. The third kappa shape index (κ3) is 5.54. The maximum Gasteiger partial charge on any atom is 0.337 e. The zero-order valence-electron chi connectivity index (χ0n) is 22.9. The molecule has 2 heterocycles. The number of alkyl halides is 2. The number of aromatic carboxylic acids is 1. The first kappa shape index (κ1) is 27.9. The van der Waals surface area contributed by atoms with Crippen LogP contribution < -0.4 is 10.9 Å². The number of aromatic nitrogens is 2. The Labute approximate surface area is 235 Å². The van der Waals surface area contributed by atoms with Crippen molar-refractivity contribution in [2.75, 3.05) is 18.4 Å². The van der Waals surface area contributed by atoms with E-state index in [1.165, 1.54) is 15.5 Å². The van der Waals surface area contributed by atoms with Crippen LogP contribution in [0.2, 0.25) is 0 Å². The van der Waals surface area contributed by atoms with E-state index < -0.39 is 11.9 Å². The predicted octanol–water partition coefficient (Wildman–Crippen LogP) is 5.65. The first-order chi connectivity index (χ1) is 19.4. The third-order valence-electron chi connectivity index (χ3n) is 7.52. The summed E-state index contributed by atoms with van der Waals surface area (Å²) in [5.41, 5.74) is 3.38. The van der Waals surface area contributed by atoms with Crippen molar-refractivity contribution in [3.05, 3.63) is 93.3 Å². The molecule has 0 unspecified atom stereocenters. The minimum absolute atomic E-state index is 0.000328. The highest BCUT2D eigenvalue weighted by Crippen LogP contribution is 2.31. The number of nitrogens with zero attached hydrogens (tertiary/aromatic N) is 3. The molecule has 0 bridgehead atoms. The molecule has 1 atom stereocenters. The number of benzene rings is 3. The molecular weight excluding hydrogens is 530 g/mol. The fourth-order valence-electron chi connectivity index (χ4n) is 5.23. The Kier molecular flexibility index (Phi) is 7.33. The first-order valence-corrected chi connectivity index (χ1v) is 13.3. The Hall–Kier alpha value is -4.60. The fourth-order valence-corrected chi connectivity index (χ4v) is 5.23. The number of carboxylic acids is 1. The number of piperidine rings is 1. The second-order valence-corrected chi connectivity index (χ2v) is 10.5. The lowest BCUT2D eigenvalue weighted by Gasteiger charge is -2.31. The molecule has 10 heteroatoms. The zero-order valence-corrected chi connectivity index (χ0v) is 22.9. The minimum Gasteiger partial charge on any atom is -0.478 e. The summed E-state index contributed by atoms with van der Waals surface area (Å²) in [4.78, 5) is 44.4. The van der Waals surface area contributed by atoms with Gasteiger partial charge in [-0.1, -0.05) is 30.3 Å². The average Bonchev–Trinajstić information content (AvgIpc) is 2.94. The summed E-state index contributed by atoms with van der Waals surface area (Å²) in [5, 5.41) is 13.3. The van der Waals surface area contributed by atoms with Crippen LogP contribution in [0.3, 0.4) is 0 Å². The van der Waals surface area contributed by atoms with E-state index in [4.69, 9.17) is 4.98 Å². The van der Waals surface area contributed by atoms with E-state index in [1.54, 1.807) is 55.6 Å². The maximum atomic E-state index is 13.5. The number of likely N-dealkylation sites (tertiary alicyclic amines) is 1. The van der Waals surface area contributed by atoms with Crippen molar-refractivity contribution in [3.8, 4) is 11.4 Å². The van der Waals surface area contributed by atoms with Crippen molar-refractivity contribution in [1.82, 2.24) is 14.5 Å². The highest BCUT2D eigenvalue weighted by atomic mass is 19.3. The Balaban J connectivity index is 1.50. The lowest BCUT2D eigenvalue weighted by molar-refractivity contribution is -0.0494. The number of hydrogen-bond acceptors (Lipinski definition) is 5. The molecule has 4 aromatic rings. The van der Waals surface area contributed by atoms with Gasteiger partial charge in [0.15, 0.2) is 0 Å². The van der Waals surface area contributed by atoms with Gasteiger partial charge in [0.25, 0.3) is 17.4 Å². The smallest absolute Gasteiger partial charge is 0.337 e. The maximum absolute atomic E-state index is 13.5. The van der Waals surface area contributed by atoms with Crippen LogP contribution in [0.5, 0.6) is 0 Å². The lowest BCUT2D eigenvalue weighted by Crippen LogP contribution is -2.42. The zero-order chi connectivity index (χ0) is 29.5. The lowest BCUT2D eigenvalue weighted by atomic mass is 10.00. The van der Waals surface area contributed by atoms with E-state index in [2.05, 4.69) is 5.32 Å². The molecule has 0 saturated carbocycles. The molecule has 8 nitrogen and oxygen atoms in total. The monoisotopic (exact) mass is 560 g/mol. The van der Waals surface area contributed by atoms with Crippen molar-refractivity contribution < 1.29 is 23.5 Å². The highest BCUT2D eigenvalue weighted by Gasteiger charge is 2.35. The first-order valence-electron chi connectivity index (χ1n) is 13.3. The Morgan fingerprint density at radius 1 is 1.05 bits per heavy atom. The number of para-hydroxylation sites is 1. The molecule has 1 amide bonds. The summed E-state index contributed by atoms with van der Waals surface area (Å²) >= 11 is 0. The summed E-state index contributed by atoms with van der Waals surface area (Å²) in [5.74, 6) is -3.71. The molecule has 1 aliphatic heterocycles. The van der Waals surface area contributed by atoms with Gasteiger partial charge < -0.3 is 15.3 Å². The minimum atomic E-state index is -2.74. The van der Waals surface area contributed by atoms with Gasteiger partial charge in [0.2, 0.25) is 0 Å². The van der Waals surface area contributed by atoms with Crippen LogP contribution in [0, 0.1) is 6.92 Å². The van der Waals surface area contributed by atoms with Crippen molar-refractivity contribution in [3.63, 3.8) is 0 Å². The third-order valence-corrected chi connectivity index (χ3v) is 7.52. The van der Waals surface area contributed by atoms with Crippen LogP contribution in [0.15, 0.2) is 65.5 Å². The van der Waals surface area contributed by atoms with Crippen LogP contribution >= 0.6 is 0 Å². The van der Waals surface area contributed by atoms with E-state index >= 15 is 0 Å². The number of aryl methyl sites for hydroxylation is 1. The number of rotatable bonds is 6. The van der Waals surface area contributed by atoms with Crippen LogP contribution in [0.1, 0.15) is 57.7 Å². The fraction of sp³-hybridized carbons (Fsp3) is 0.290. The number of amides is 1. The van der Waals surface area contributed by atoms with Gasteiger partial charge in [-0.05, 0) is 49.7 Å². The van der Waals surface area contributed by atoms with Gasteiger partial charge in [0, 0.05) is 55.4 Å². The molecule has 2 N–H and O–H groups in total. The van der Waals surface area contributed by atoms with Gasteiger partial charge in [-0.2, -0.15) is 0 Å². The van der Waals surface area contributed by atoms with E-state index in [-0.39, 0.29) is 49.0 Å². The summed E-state index contributed by atoms with van der Waals surface area (Å²) in [7, 11) is 1.63. The Morgan fingerprint density at radius 3 is 2.37 bits per heavy atom. The van der Waals surface area contributed by atoms with E-state index in [0.29, 0.717) is 33.5 Å². The molecular formula is C31H30F2N4O4. The Morgan fingerprint density at radius 2 is 1.71 bits per heavy atom. The quantitative estimate of drug-likeness (QED) is 0.316. The Bertz CT molecular complexity index is 1710. The number of halogens is 2. The van der Waals surface area contributed by atoms with Gasteiger partial charge in [-0.15, -0.1) is 0 Å². The summed E-state index contributed by atoms with van der Waals surface area (Å²) < 4.78 is 28.5. The number of carbonyl (C=O) groups is 2. The molecule has 41 heavy (non-hydrogen) atoms. The van der Waals surface area contributed by atoms with Crippen molar-refractivity contribution in [1.29, 1.82) is 0 Å². The van der Waals surface area contributed by atoms with Gasteiger partial charge in [0.05, 0.1) is 22.5 Å².